The zero-order valence-electron chi connectivity index (χ0n) is 21.5. The first-order chi connectivity index (χ1) is 14.0. The maximum Gasteiger partial charge on any atom is -0.00798 e. The van der Waals surface area contributed by atoms with E-state index in [1.54, 1.807) is 0 Å². The Balaban J connectivity index is 1.61. The molecule has 0 aromatic carbocycles. The molecule has 0 saturated heterocycles. The molecule has 0 heteroatoms. The minimum absolute atomic E-state index is 0.428. The molecule has 0 aromatic heterocycles. The summed E-state index contributed by atoms with van der Waals surface area (Å²) in [5.74, 6) is 3.63. The van der Waals surface area contributed by atoms with Crippen LogP contribution in [0.5, 0.6) is 0 Å². The monoisotopic (exact) mass is 410 g/mol. The summed E-state index contributed by atoms with van der Waals surface area (Å²) in [4.78, 5) is 0. The van der Waals surface area contributed by atoms with Crippen LogP contribution in [-0.2, 0) is 0 Å². The topological polar surface area (TPSA) is 0 Å². The molecule has 7 atom stereocenters. The van der Waals surface area contributed by atoms with Gasteiger partial charge < -0.3 is 0 Å². The van der Waals surface area contributed by atoms with Gasteiger partial charge in [-0.05, 0) is 117 Å². The van der Waals surface area contributed by atoms with Gasteiger partial charge in [0.05, 0.1) is 0 Å². The van der Waals surface area contributed by atoms with Gasteiger partial charge in [-0.1, -0.05) is 71.3 Å². The molecular formula is C30H50. The van der Waals surface area contributed by atoms with Crippen LogP contribution in [0.1, 0.15) is 120 Å². The van der Waals surface area contributed by atoms with Crippen molar-refractivity contribution in [2.24, 2.45) is 45.3 Å². The molecule has 3 saturated carbocycles. The molecule has 0 nitrogen and oxygen atoms in total. The minimum Gasteiger partial charge on any atom is -0.0859 e. The second kappa shape index (κ2) is 7.52. The minimum atomic E-state index is 0.428. The average molecular weight is 411 g/mol. The lowest BCUT2D eigenvalue weighted by Crippen LogP contribution is -2.56. The number of hydrogen-bond acceptors (Lipinski definition) is 0. The fourth-order valence-electron chi connectivity index (χ4n) is 9.68. The van der Waals surface area contributed by atoms with E-state index in [0.717, 1.165) is 23.7 Å². The fourth-order valence-corrected chi connectivity index (χ4v) is 9.68. The van der Waals surface area contributed by atoms with E-state index in [1.165, 1.54) is 69.8 Å². The number of allylic oxidation sites excluding steroid dienone is 4. The number of hydrogen-bond donors (Lipinski definition) is 0. The third-order valence-electron chi connectivity index (χ3n) is 11.5. The molecule has 4 rings (SSSR count). The van der Waals surface area contributed by atoms with E-state index in [4.69, 9.17) is 0 Å². The lowest BCUT2D eigenvalue weighted by Gasteiger charge is -2.64. The van der Waals surface area contributed by atoms with E-state index >= 15 is 0 Å². The van der Waals surface area contributed by atoms with Gasteiger partial charge in [-0.15, -0.1) is 0 Å². The van der Waals surface area contributed by atoms with Crippen molar-refractivity contribution in [3.8, 4) is 0 Å². The van der Waals surface area contributed by atoms with Gasteiger partial charge in [0, 0.05) is 0 Å². The highest BCUT2D eigenvalue weighted by molar-refractivity contribution is 5.30. The molecule has 4 aliphatic rings. The van der Waals surface area contributed by atoms with Crippen LogP contribution in [0.2, 0.25) is 0 Å². The van der Waals surface area contributed by atoms with Gasteiger partial charge in [0.25, 0.3) is 0 Å². The summed E-state index contributed by atoms with van der Waals surface area (Å²) in [6.07, 6.45) is 19.4. The smallest absolute Gasteiger partial charge is 0.00798 e. The molecule has 0 aromatic rings. The maximum atomic E-state index is 2.77. The summed E-state index contributed by atoms with van der Waals surface area (Å²) >= 11 is 0. The van der Waals surface area contributed by atoms with Gasteiger partial charge in [-0.2, -0.15) is 0 Å². The Morgan fingerprint density at radius 2 is 1.67 bits per heavy atom. The van der Waals surface area contributed by atoms with Crippen molar-refractivity contribution >= 4 is 0 Å². The highest BCUT2D eigenvalue weighted by Gasteiger charge is 2.65. The highest BCUT2D eigenvalue weighted by atomic mass is 14.7. The Hall–Kier alpha value is -0.520. The quantitative estimate of drug-likeness (QED) is 0.405. The first-order valence-electron chi connectivity index (χ1n) is 13.3. The maximum absolute atomic E-state index is 2.77. The van der Waals surface area contributed by atoms with Crippen molar-refractivity contribution in [3.63, 3.8) is 0 Å². The summed E-state index contributed by atoms with van der Waals surface area (Å²) in [6, 6.07) is 0. The first-order valence-corrected chi connectivity index (χ1v) is 13.3. The van der Waals surface area contributed by atoms with Gasteiger partial charge in [0.15, 0.2) is 0 Å². The third kappa shape index (κ3) is 3.21. The largest absolute Gasteiger partial charge is 0.0859 e. The Morgan fingerprint density at radius 3 is 2.37 bits per heavy atom. The van der Waals surface area contributed by atoms with Gasteiger partial charge >= 0.3 is 0 Å². The summed E-state index contributed by atoms with van der Waals surface area (Å²) in [6.45, 7) is 20.3. The Bertz CT molecular complexity index is 718. The first kappa shape index (κ1) is 22.7. The van der Waals surface area contributed by atoms with Crippen LogP contribution in [-0.4, -0.2) is 0 Å². The van der Waals surface area contributed by atoms with Crippen LogP contribution in [0.3, 0.4) is 0 Å². The van der Waals surface area contributed by atoms with Gasteiger partial charge in [0.1, 0.15) is 0 Å². The van der Waals surface area contributed by atoms with E-state index in [-0.39, 0.29) is 0 Å². The van der Waals surface area contributed by atoms with Crippen molar-refractivity contribution < 1.29 is 0 Å². The number of rotatable bonds is 4. The Kier molecular flexibility index (Phi) is 5.68. The SMILES string of the molecule is CC(C)=CCCC(C)C1CCC2(C)C3CC=C4C(C)(C)CCCC4(C)C3CCC12C. The number of fused-ring (bicyclic) bond motifs is 5. The van der Waals surface area contributed by atoms with Crippen molar-refractivity contribution in [1.82, 2.24) is 0 Å². The standard InChI is InChI=1S/C30H50/c1-21(2)11-9-12-22(3)23-15-19-30(8)25-13-14-26-27(4,5)17-10-18-28(26,6)24(25)16-20-29(23,30)7/h11,14,22-25H,9-10,12-13,15-20H2,1-8H3. The van der Waals surface area contributed by atoms with Crippen molar-refractivity contribution in [2.45, 2.75) is 120 Å². The predicted octanol–water partition coefficient (Wildman–Crippen LogP) is 9.36. The van der Waals surface area contributed by atoms with Crippen LogP contribution >= 0.6 is 0 Å². The third-order valence-corrected chi connectivity index (χ3v) is 11.5. The van der Waals surface area contributed by atoms with Gasteiger partial charge in [-0.25, -0.2) is 0 Å². The lowest BCUT2D eigenvalue weighted by molar-refractivity contribution is -0.115. The molecular weight excluding hydrogens is 360 g/mol. The lowest BCUT2D eigenvalue weighted by atomic mass is 9.40. The van der Waals surface area contributed by atoms with Crippen molar-refractivity contribution in [1.29, 1.82) is 0 Å². The van der Waals surface area contributed by atoms with Crippen LogP contribution in [0.4, 0.5) is 0 Å². The van der Waals surface area contributed by atoms with E-state index in [2.05, 4.69) is 67.5 Å². The van der Waals surface area contributed by atoms with Gasteiger partial charge in [0.2, 0.25) is 0 Å². The molecule has 0 bridgehead atoms. The zero-order chi connectivity index (χ0) is 21.9. The summed E-state index contributed by atoms with van der Waals surface area (Å²) in [7, 11) is 0. The van der Waals surface area contributed by atoms with Gasteiger partial charge in [-0.3, -0.25) is 0 Å². The molecule has 7 unspecified atom stereocenters. The fraction of sp³-hybridized carbons (Fsp3) is 0.867. The van der Waals surface area contributed by atoms with E-state index < -0.39 is 0 Å². The van der Waals surface area contributed by atoms with Crippen LogP contribution in [0.25, 0.3) is 0 Å². The van der Waals surface area contributed by atoms with Crippen molar-refractivity contribution in [3.05, 3.63) is 23.3 Å². The molecule has 0 heterocycles. The molecule has 30 heavy (non-hydrogen) atoms. The van der Waals surface area contributed by atoms with E-state index in [9.17, 15) is 0 Å². The second-order valence-corrected chi connectivity index (χ2v) is 13.6. The second-order valence-electron chi connectivity index (χ2n) is 13.6. The van der Waals surface area contributed by atoms with E-state index in [1.807, 2.05) is 5.57 Å². The summed E-state index contributed by atoms with van der Waals surface area (Å²) in [5, 5.41) is 0. The molecule has 0 N–H and O–H groups in total. The molecule has 0 aliphatic heterocycles. The van der Waals surface area contributed by atoms with Crippen LogP contribution in [0.15, 0.2) is 23.3 Å². The normalized spacial score (nSPS) is 45.6. The Morgan fingerprint density at radius 1 is 0.967 bits per heavy atom. The molecule has 4 aliphatic carbocycles. The van der Waals surface area contributed by atoms with E-state index in [0.29, 0.717) is 21.7 Å². The summed E-state index contributed by atoms with van der Waals surface area (Å²) in [5.41, 5.74) is 5.32. The molecule has 0 amide bonds. The molecule has 0 spiro atoms. The zero-order valence-corrected chi connectivity index (χ0v) is 21.5. The average Bonchev–Trinajstić information content (AvgIpc) is 2.92. The van der Waals surface area contributed by atoms with Crippen LogP contribution in [0, 0.1) is 45.3 Å². The molecule has 170 valence electrons. The summed E-state index contributed by atoms with van der Waals surface area (Å²) < 4.78 is 0. The predicted molar refractivity (Wildman–Crippen MR) is 131 cm³/mol. The highest BCUT2D eigenvalue weighted by Crippen LogP contribution is 2.73. The molecule has 0 radical (unpaired) electrons. The van der Waals surface area contributed by atoms with Crippen LogP contribution < -0.4 is 0 Å². The Labute approximate surface area is 188 Å². The molecule has 3 fully saturated rings. The van der Waals surface area contributed by atoms with Crippen molar-refractivity contribution in [2.75, 3.05) is 0 Å².